The van der Waals surface area contributed by atoms with Gasteiger partial charge in [0, 0.05) is 6.04 Å². The molecule has 96 valence electrons. The molecule has 0 bridgehead atoms. The summed E-state index contributed by atoms with van der Waals surface area (Å²) >= 11 is 0. The number of aliphatic hydroxyl groups excluding tert-OH is 1. The normalized spacial score (nSPS) is 13.9. The van der Waals surface area contributed by atoms with Gasteiger partial charge in [-0.1, -0.05) is 13.8 Å². The Balaban J connectivity index is 3.88. The molecule has 0 aromatic carbocycles. The lowest BCUT2D eigenvalue weighted by Crippen LogP contribution is -2.39. The van der Waals surface area contributed by atoms with E-state index in [1.54, 1.807) is 0 Å². The molecule has 0 aliphatic heterocycles. The lowest BCUT2D eigenvalue weighted by atomic mass is 10.0. The predicted molar refractivity (Wildman–Crippen MR) is 64.2 cm³/mol. The fourth-order valence-corrected chi connectivity index (χ4v) is 1.40. The summed E-state index contributed by atoms with van der Waals surface area (Å²) in [6, 6.07) is -0.0347. The Kier molecular flexibility index (Phi) is 6.60. The maximum atomic E-state index is 11.4. The Bertz CT molecular complexity index is 209. The molecule has 0 aromatic heterocycles. The Morgan fingerprint density at radius 3 is 2.31 bits per heavy atom. The van der Waals surface area contributed by atoms with Gasteiger partial charge in [0.25, 0.3) is 0 Å². The topological polar surface area (TPSA) is 58.6 Å². The number of nitrogens with one attached hydrogen (secondary N) is 1. The van der Waals surface area contributed by atoms with Gasteiger partial charge in [-0.25, -0.2) is 0 Å². The van der Waals surface area contributed by atoms with Crippen LogP contribution < -0.4 is 5.32 Å². The second-order valence-corrected chi connectivity index (χ2v) is 5.48. The van der Waals surface area contributed by atoms with Crippen molar-refractivity contribution in [3.05, 3.63) is 0 Å². The van der Waals surface area contributed by atoms with Crippen molar-refractivity contribution in [3.63, 3.8) is 0 Å². The minimum absolute atomic E-state index is 0.0347. The van der Waals surface area contributed by atoms with Crippen molar-refractivity contribution in [2.45, 2.75) is 52.7 Å². The van der Waals surface area contributed by atoms with Crippen LogP contribution in [0.4, 0.5) is 0 Å². The fourth-order valence-electron chi connectivity index (χ4n) is 1.40. The zero-order valence-electron chi connectivity index (χ0n) is 11.0. The molecule has 0 rings (SSSR count). The van der Waals surface area contributed by atoms with Crippen LogP contribution in [0.25, 0.3) is 0 Å². The van der Waals surface area contributed by atoms with Crippen molar-refractivity contribution in [2.24, 2.45) is 5.92 Å². The summed E-state index contributed by atoms with van der Waals surface area (Å²) in [4.78, 5) is 11.4. The molecule has 16 heavy (non-hydrogen) atoms. The zero-order valence-corrected chi connectivity index (χ0v) is 11.0. The maximum absolute atomic E-state index is 11.4. The van der Waals surface area contributed by atoms with E-state index in [1.807, 2.05) is 20.8 Å². The average molecular weight is 231 g/mol. The third-order valence-corrected chi connectivity index (χ3v) is 1.93. The molecular formula is C12H25NO3. The molecule has 2 N–H and O–H groups in total. The largest absolute Gasteiger partial charge is 0.459 e. The van der Waals surface area contributed by atoms with Gasteiger partial charge in [0.05, 0.1) is 13.2 Å². The number of rotatable bonds is 6. The highest BCUT2D eigenvalue weighted by molar-refractivity contribution is 5.72. The van der Waals surface area contributed by atoms with E-state index >= 15 is 0 Å². The molecule has 0 fully saturated rings. The van der Waals surface area contributed by atoms with Crippen LogP contribution in [0, 0.1) is 5.92 Å². The minimum Gasteiger partial charge on any atom is -0.459 e. The molecule has 0 aromatic rings. The molecule has 1 atom stereocenters. The molecule has 0 saturated carbocycles. The number of hydrogen-bond donors (Lipinski definition) is 2. The van der Waals surface area contributed by atoms with Gasteiger partial charge in [0.2, 0.25) is 0 Å². The van der Waals surface area contributed by atoms with E-state index in [4.69, 9.17) is 9.84 Å². The maximum Gasteiger partial charge on any atom is 0.320 e. The molecule has 0 aliphatic rings. The fraction of sp³-hybridized carbons (Fsp3) is 0.917. The number of carbonyl (C=O) groups is 1. The first-order valence-electron chi connectivity index (χ1n) is 5.80. The molecule has 4 nitrogen and oxygen atoms in total. The average Bonchev–Trinajstić information content (AvgIpc) is 2.08. The first kappa shape index (κ1) is 15.4. The second-order valence-electron chi connectivity index (χ2n) is 5.48. The number of hydrogen-bond acceptors (Lipinski definition) is 4. The standard InChI is InChI=1S/C12H25NO3/c1-9(2)6-10(8-14)13-7-11(15)16-12(3,4)5/h9-10,13-14H,6-8H2,1-5H3. The summed E-state index contributed by atoms with van der Waals surface area (Å²) in [6.07, 6.45) is 0.847. The number of esters is 1. The van der Waals surface area contributed by atoms with Crippen molar-refractivity contribution in [3.8, 4) is 0 Å². The lowest BCUT2D eigenvalue weighted by molar-refractivity contribution is -0.153. The molecule has 0 heterocycles. The Morgan fingerprint density at radius 1 is 1.38 bits per heavy atom. The highest BCUT2D eigenvalue weighted by Crippen LogP contribution is 2.07. The molecule has 0 radical (unpaired) electrons. The molecule has 1 unspecified atom stereocenters. The Hall–Kier alpha value is -0.610. The van der Waals surface area contributed by atoms with Gasteiger partial charge in [-0.05, 0) is 33.1 Å². The van der Waals surface area contributed by atoms with Gasteiger partial charge in [0.1, 0.15) is 5.60 Å². The minimum atomic E-state index is -0.453. The van der Waals surface area contributed by atoms with E-state index in [0.717, 1.165) is 6.42 Å². The molecular weight excluding hydrogens is 206 g/mol. The molecule has 0 saturated heterocycles. The first-order valence-corrected chi connectivity index (χ1v) is 5.80. The van der Waals surface area contributed by atoms with E-state index < -0.39 is 5.60 Å². The first-order chi connectivity index (χ1) is 7.24. The van der Waals surface area contributed by atoms with E-state index in [-0.39, 0.29) is 25.2 Å². The summed E-state index contributed by atoms with van der Waals surface area (Å²) in [5, 5.41) is 12.1. The highest BCUT2D eigenvalue weighted by Gasteiger charge is 2.17. The number of aliphatic hydroxyl groups is 1. The van der Waals surface area contributed by atoms with Crippen molar-refractivity contribution in [1.29, 1.82) is 0 Å². The van der Waals surface area contributed by atoms with Crippen LogP contribution in [0.15, 0.2) is 0 Å². The summed E-state index contributed by atoms with van der Waals surface area (Å²) in [5.74, 6) is 0.206. The van der Waals surface area contributed by atoms with Crippen molar-refractivity contribution in [1.82, 2.24) is 5.32 Å². The van der Waals surface area contributed by atoms with Crippen molar-refractivity contribution >= 4 is 5.97 Å². The Labute approximate surface area is 98.4 Å². The van der Waals surface area contributed by atoms with Gasteiger partial charge in [-0.3, -0.25) is 4.79 Å². The van der Waals surface area contributed by atoms with Crippen LogP contribution in [-0.4, -0.2) is 35.9 Å². The zero-order chi connectivity index (χ0) is 12.8. The van der Waals surface area contributed by atoms with Gasteiger partial charge >= 0.3 is 5.97 Å². The van der Waals surface area contributed by atoms with Crippen LogP contribution in [0.2, 0.25) is 0 Å². The van der Waals surface area contributed by atoms with E-state index in [2.05, 4.69) is 19.2 Å². The van der Waals surface area contributed by atoms with Crippen molar-refractivity contribution < 1.29 is 14.6 Å². The molecule has 4 heteroatoms. The van der Waals surface area contributed by atoms with Crippen LogP contribution in [0.1, 0.15) is 41.0 Å². The van der Waals surface area contributed by atoms with Crippen molar-refractivity contribution in [2.75, 3.05) is 13.2 Å². The van der Waals surface area contributed by atoms with E-state index in [1.165, 1.54) is 0 Å². The second kappa shape index (κ2) is 6.86. The molecule has 0 aliphatic carbocycles. The Morgan fingerprint density at radius 2 is 1.94 bits per heavy atom. The van der Waals surface area contributed by atoms with Gasteiger partial charge in [-0.2, -0.15) is 0 Å². The highest BCUT2D eigenvalue weighted by atomic mass is 16.6. The van der Waals surface area contributed by atoms with Crippen LogP contribution >= 0.6 is 0 Å². The van der Waals surface area contributed by atoms with Gasteiger partial charge in [-0.15, -0.1) is 0 Å². The van der Waals surface area contributed by atoms with E-state index in [9.17, 15) is 4.79 Å². The molecule has 0 spiro atoms. The molecule has 0 amide bonds. The lowest BCUT2D eigenvalue weighted by Gasteiger charge is -2.22. The van der Waals surface area contributed by atoms with Gasteiger partial charge in [0.15, 0.2) is 0 Å². The SMILES string of the molecule is CC(C)CC(CO)NCC(=O)OC(C)(C)C. The van der Waals surface area contributed by atoms with Gasteiger partial charge < -0.3 is 15.2 Å². The summed E-state index contributed by atoms with van der Waals surface area (Å²) < 4.78 is 5.15. The third-order valence-electron chi connectivity index (χ3n) is 1.93. The number of carbonyl (C=O) groups excluding carboxylic acids is 1. The predicted octanol–water partition coefficient (Wildman–Crippen LogP) is 1.32. The van der Waals surface area contributed by atoms with Crippen LogP contribution in [0.5, 0.6) is 0 Å². The van der Waals surface area contributed by atoms with Crippen LogP contribution in [0.3, 0.4) is 0 Å². The number of ether oxygens (including phenoxy) is 1. The quantitative estimate of drug-likeness (QED) is 0.677. The smallest absolute Gasteiger partial charge is 0.320 e. The van der Waals surface area contributed by atoms with E-state index in [0.29, 0.717) is 5.92 Å². The monoisotopic (exact) mass is 231 g/mol. The summed E-state index contributed by atoms with van der Waals surface area (Å²) in [6.45, 7) is 9.86. The van der Waals surface area contributed by atoms with Crippen LogP contribution in [-0.2, 0) is 9.53 Å². The third kappa shape index (κ3) is 8.68. The summed E-state index contributed by atoms with van der Waals surface area (Å²) in [7, 11) is 0. The summed E-state index contributed by atoms with van der Waals surface area (Å²) in [5.41, 5.74) is -0.453.